The molecule has 2 aromatic rings. The van der Waals surface area contributed by atoms with Crippen molar-refractivity contribution in [3.8, 4) is 0 Å². The number of rotatable bonds is 1. The van der Waals surface area contributed by atoms with Crippen LogP contribution in [0.1, 0.15) is 12.5 Å². The summed E-state index contributed by atoms with van der Waals surface area (Å²) in [6.07, 6.45) is 2.94. The largest absolute Gasteiger partial charge is 0.275 e. The van der Waals surface area contributed by atoms with E-state index in [0.29, 0.717) is 0 Å². The van der Waals surface area contributed by atoms with Crippen LogP contribution < -0.4 is 0 Å². The number of aryl methyl sites for hydroxylation is 1. The number of fused-ring (bicyclic) bond motifs is 1. The molecule has 0 atom stereocenters. The Hall–Kier alpha value is 0.150. The van der Waals surface area contributed by atoms with Gasteiger partial charge in [0.25, 0.3) is 0 Å². The number of hydrogen-bond acceptors (Lipinski definition) is 1. The van der Waals surface area contributed by atoms with E-state index in [0.717, 1.165) is 11.9 Å². The number of pyridine rings is 1. The van der Waals surface area contributed by atoms with Crippen molar-refractivity contribution in [1.82, 2.24) is 7.76 Å². The second-order valence-electron chi connectivity index (χ2n) is 2.81. The lowest BCUT2D eigenvalue weighted by Crippen LogP contribution is -1.88. The number of aromatic nitrogens is 2. The van der Waals surface area contributed by atoms with Gasteiger partial charge in [0.2, 0.25) is 0 Å². The van der Waals surface area contributed by atoms with E-state index >= 15 is 0 Å². The van der Waals surface area contributed by atoms with Crippen LogP contribution in [-0.4, -0.2) is 7.76 Å². The topological polar surface area (TPSA) is 17.8 Å². The molecule has 0 aromatic carbocycles. The molecule has 0 saturated carbocycles. The van der Waals surface area contributed by atoms with Crippen LogP contribution in [0.3, 0.4) is 0 Å². The van der Waals surface area contributed by atoms with Crippen LogP contribution in [0.25, 0.3) is 11.0 Å². The van der Waals surface area contributed by atoms with E-state index in [4.69, 9.17) is 0 Å². The minimum Gasteiger partial charge on any atom is -0.275 e. The Kier molecular flexibility index (Phi) is 2.77. The molecule has 2 rings (SSSR count). The van der Waals surface area contributed by atoms with Gasteiger partial charge in [0.05, 0.1) is 37.6 Å². The highest BCUT2D eigenvalue weighted by Crippen LogP contribution is 2.25. The van der Waals surface area contributed by atoms with Crippen molar-refractivity contribution in [3.63, 3.8) is 0 Å². The van der Waals surface area contributed by atoms with E-state index in [-0.39, 0.29) is 0 Å². The van der Waals surface area contributed by atoms with E-state index < -0.39 is 0 Å². The minimum absolute atomic E-state index is 1.06. The molecule has 0 radical (unpaired) electrons. The summed E-state index contributed by atoms with van der Waals surface area (Å²) in [4.78, 5) is 4.34. The van der Waals surface area contributed by atoms with Gasteiger partial charge in [-0.05, 0) is 46.7 Å². The monoisotopic (exact) mass is 398 g/mol. The van der Waals surface area contributed by atoms with E-state index in [9.17, 15) is 0 Å². The number of nitrogens with zero attached hydrogens (tertiary/aromatic N) is 2. The van der Waals surface area contributed by atoms with Crippen LogP contribution in [-0.2, 0) is 6.42 Å². The molecule has 2 heterocycles. The predicted octanol–water partition coefficient (Wildman–Crippen LogP) is 3.40. The third-order valence-electron chi connectivity index (χ3n) is 2.06. The third kappa shape index (κ3) is 1.58. The molecule has 2 nitrogen and oxygen atoms in total. The highest BCUT2D eigenvalue weighted by atomic mass is 127. The highest BCUT2D eigenvalue weighted by molar-refractivity contribution is 14.1. The summed E-state index contributed by atoms with van der Waals surface area (Å²) in [7, 11) is 0. The molecule has 0 aliphatic carbocycles. The van der Waals surface area contributed by atoms with E-state index in [1.54, 1.807) is 0 Å². The Balaban J connectivity index is 2.87. The highest BCUT2D eigenvalue weighted by Gasteiger charge is 2.08. The summed E-state index contributed by atoms with van der Waals surface area (Å²) >= 11 is 4.64. The summed E-state index contributed by atoms with van der Waals surface area (Å²) in [6.45, 7) is 2.17. The molecule has 0 aliphatic heterocycles. The average Bonchev–Trinajstić information content (AvgIpc) is 2.43. The van der Waals surface area contributed by atoms with Crippen LogP contribution in [0, 0.1) is 3.70 Å². The fourth-order valence-electron chi connectivity index (χ4n) is 1.41. The van der Waals surface area contributed by atoms with Crippen molar-refractivity contribution in [3.05, 3.63) is 27.6 Å². The Labute approximate surface area is 104 Å². The van der Waals surface area contributed by atoms with Crippen molar-refractivity contribution in [2.24, 2.45) is 0 Å². The van der Waals surface area contributed by atoms with Gasteiger partial charge in [-0.2, -0.15) is 0 Å². The van der Waals surface area contributed by atoms with Crippen molar-refractivity contribution in [1.29, 1.82) is 0 Å². The van der Waals surface area contributed by atoms with Gasteiger partial charge in [-0.1, -0.05) is 6.92 Å². The Morgan fingerprint density at radius 2 is 2.31 bits per heavy atom. The minimum atomic E-state index is 1.06. The van der Waals surface area contributed by atoms with Crippen molar-refractivity contribution < 1.29 is 0 Å². The first kappa shape index (κ1) is 9.70. The van der Waals surface area contributed by atoms with Gasteiger partial charge in [-0.25, -0.2) is 0 Å². The van der Waals surface area contributed by atoms with Gasteiger partial charge in [-0.15, -0.1) is 0 Å². The lowest BCUT2D eigenvalue weighted by Gasteiger charge is -2.00. The quantitative estimate of drug-likeness (QED) is 0.674. The molecule has 0 bridgehead atoms. The maximum absolute atomic E-state index is 4.34. The number of hydrogen-bond donors (Lipinski definition) is 0. The van der Waals surface area contributed by atoms with Crippen molar-refractivity contribution in [2.45, 2.75) is 13.3 Å². The first-order valence-corrected chi connectivity index (χ1v) is 6.09. The Bertz CT molecular complexity index is 448. The number of halogens is 2. The normalized spacial score (nSPS) is 11.0. The zero-order valence-electron chi connectivity index (χ0n) is 7.09. The Morgan fingerprint density at radius 3 is 3.00 bits per heavy atom. The van der Waals surface area contributed by atoms with Gasteiger partial charge < -0.3 is 0 Å². The summed E-state index contributed by atoms with van der Waals surface area (Å²) in [5.41, 5.74) is 3.72. The van der Waals surface area contributed by atoms with Gasteiger partial charge in [0, 0.05) is 6.20 Å². The standard InChI is InChI=1S/C9H8I2N2/c1-2-6-3-4-12-7-5-8(10)13(11)9(6)7/h3-5H,2H2,1H3. The molecule has 0 N–H and O–H groups in total. The van der Waals surface area contributed by atoms with E-state index in [1.165, 1.54) is 14.8 Å². The van der Waals surface area contributed by atoms with Crippen LogP contribution in [0.4, 0.5) is 0 Å². The smallest absolute Gasteiger partial charge is 0.0918 e. The van der Waals surface area contributed by atoms with E-state index in [2.05, 4.69) is 72.3 Å². The molecular formula is C9H8I2N2. The second kappa shape index (κ2) is 3.72. The van der Waals surface area contributed by atoms with Crippen molar-refractivity contribution in [2.75, 3.05) is 0 Å². The van der Waals surface area contributed by atoms with Crippen LogP contribution >= 0.6 is 45.5 Å². The van der Waals surface area contributed by atoms with Crippen molar-refractivity contribution >= 4 is 56.5 Å². The van der Waals surface area contributed by atoms with Gasteiger partial charge in [0.1, 0.15) is 0 Å². The van der Waals surface area contributed by atoms with Crippen LogP contribution in [0.5, 0.6) is 0 Å². The molecule has 0 unspecified atom stereocenters. The second-order valence-corrected chi connectivity index (χ2v) is 4.88. The third-order valence-corrected chi connectivity index (χ3v) is 4.78. The van der Waals surface area contributed by atoms with Crippen LogP contribution in [0.2, 0.25) is 0 Å². The zero-order chi connectivity index (χ0) is 9.42. The molecule has 0 fully saturated rings. The van der Waals surface area contributed by atoms with Crippen LogP contribution in [0.15, 0.2) is 18.3 Å². The summed E-state index contributed by atoms with van der Waals surface area (Å²) in [5, 5.41) is 0. The molecule has 4 heteroatoms. The lowest BCUT2D eigenvalue weighted by atomic mass is 10.2. The zero-order valence-corrected chi connectivity index (χ0v) is 11.4. The molecule has 0 spiro atoms. The SMILES string of the molecule is CCc1ccnc2cc(I)n(I)c12. The predicted molar refractivity (Wildman–Crippen MR) is 71.2 cm³/mol. The molecule has 68 valence electrons. The fourth-order valence-corrected chi connectivity index (χ4v) is 2.64. The summed E-state index contributed by atoms with van der Waals surface area (Å²) < 4.78 is 3.39. The molecule has 13 heavy (non-hydrogen) atoms. The molecule has 0 saturated heterocycles. The molecular weight excluding hydrogens is 390 g/mol. The molecule has 0 aliphatic rings. The summed E-state index contributed by atoms with van der Waals surface area (Å²) in [6, 6.07) is 4.20. The average molecular weight is 398 g/mol. The van der Waals surface area contributed by atoms with Gasteiger partial charge in [0.15, 0.2) is 0 Å². The maximum Gasteiger partial charge on any atom is 0.0918 e. The molecule has 0 amide bonds. The molecule has 2 aromatic heterocycles. The first-order valence-electron chi connectivity index (χ1n) is 4.05. The van der Waals surface area contributed by atoms with E-state index in [1.807, 2.05) is 6.20 Å². The Morgan fingerprint density at radius 1 is 1.54 bits per heavy atom. The lowest BCUT2D eigenvalue weighted by molar-refractivity contribution is 1.13. The van der Waals surface area contributed by atoms with Gasteiger partial charge >= 0.3 is 0 Å². The van der Waals surface area contributed by atoms with Gasteiger partial charge in [-0.3, -0.25) is 7.76 Å². The summed E-state index contributed by atoms with van der Waals surface area (Å²) in [5.74, 6) is 0. The maximum atomic E-state index is 4.34. The first-order chi connectivity index (χ1) is 6.24. The fraction of sp³-hybridized carbons (Fsp3) is 0.222.